The minimum Gasteiger partial charge on any atom is -0.497 e. The predicted molar refractivity (Wildman–Crippen MR) is 88.8 cm³/mol. The Hall–Kier alpha value is -1.71. The van der Waals surface area contributed by atoms with E-state index >= 15 is 0 Å². The van der Waals surface area contributed by atoms with E-state index < -0.39 is 0 Å². The first-order valence-electron chi connectivity index (χ1n) is 7.69. The number of nitrogens with two attached hydrogens (primary N) is 1. The van der Waals surface area contributed by atoms with Crippen LogP contribution in [0.3, 0.4) is 0 Å². The second-order valence-corrected chi connectivity index (χ2v) is 6.69. The van der Waals surface area contributed by atoms with E-state index in [1.807, 2.05) is 24.3 Å². The fourth-order valence-electron chi connectivity index (χ4n) is 2.76. The molecule has 3 N–H and O–H groups in total. The molecule has 2 rings (SSSR count). The summed E-state index contributed by atoms with van der Waals surface area (Å²) < 4.78 is 5.19. The van der Waals surface area contributed by atoms with E-state index in [-0.39, 0.29) is 0 Å². The first kappa shape index (κ1) is 15.7. The van der Waals surface area contributed by atoms with Gasteiger partial charge in [0.05, 0.1) is 7.11 Å². The zero-order chi connectivity index (χ0) is 15.3. The molecule has 4 heteroatoms. The van der Waals surface area contributed by atoms with Crippen LogP contribution in [0.5, 0.6) is 5.75 Å². The van der Waals surface area contributed by atoms with Crippen LogP contribution >= 0.6 is 0 Å². The quantitative estimate of drug-likeness (QED) is 0.657. The third-order valence-corrected chi connectivity index (χ3v) is 4.32. The summed E-state index contributed by atoms with van der Waals surface area (Å²) >= 11 is 0. The average Bonchev–Trinajstić information content (AvgIpc) is 2.46. The van der Waals surface area contributed by atoms with Gasteiger partial charge in [0.1, 0.15) is 5.75 Å². The number of aliphatic imine (C=N–C) groups is 1. The van der Waals surface area contributed by atoms with Gasteiger partial charge in [0.15, 0.2) is 5.96 Å². The molecule has 0 atom stereocenters. The molecule has 1 fully saturated rings. The largest absolute Gasteiger partial charge is 0.497 e. The Morgan fingerprint density at radius 3 is 2.76 bits per heavy atom. The lowest BCUT2D eigenvalue weighted by atomic mass is 9.73. The molecule has 0 saturated heterocycles. The van der Waals surface area contributed by atoms with Crippen molar-refractivity contribution in [2.45, 2.75) is 39.5 Å². The molecule has 0 aromatic heterocycles. The Kier molecular flexibility index (Phi) is 5.10. The van der Waals surface area contributed by atoms with Crippen LogP contribution in [-0.2, 0) is 0 Å². The molecule has 0 radical (unpaired) electrons. The van der Waals surface area contributed by atoms with Gasteiger partial charge in [-0.3, -0.25) is 4.99 Å². The molecule has 116 valence electrons. The van der Waals surface area contributed by atoms with Crippen LogP contribution in [0.25, 0.3) is 0 Å². The van der Waals surface area contributed by atoms with Crippen LogP contribution < -0.4 is 15.8 Å². The van der Waals surface area contributed by atoms with Gasteiger partial charge in [-0.1, -0.05) is 19.9 Å². The normalized spacial score (nSPS) is 19.3. The van der Waals surface area contributed by atoms with Crippen molar-refractivity contribution >= 4 is 11.6 Å². The summed E-state index contributed by atoms with van der Waals surface area (Å²) in [5, 5.41) is 3.12. The van der Waals surface area contributed by atoms with Crippen LogP contribution in [0.2, 0.25) is 0 Å². The third kappa shape index (κ3) is 4.96. The van der Waals surface area contributed by atoms with Crippen molar-refractivity contribution in [1.29, 1.82) is 0 Å². The minimum absolute atomic E-state index is 0.480. The maximum atomic E-state index is 5.97. The van der Waals surface area contributed by atoms with E-state index in [1.165, 1.54) is 25.7 Å². The number of ether oxygens (including phenoxy) is 1. The molecule has 1 aliphatic carbocycles. The molecule has 1 aromatic carbocycles. The fourth-order valence-corrected chi connectivity index (χ4v) is 2.76. The zero-order valence-electron chi connectivity index (χ0n) is 13.4. The standard InChI is InChI=1S/C17H27N3O/c1-17(2)9-7-13(8-10-17)12-19-16(18)20-14-5-4-6-15(11-14)21-3/h4-6,11,13H,7-10,12H2,1-3H3,(H3,18,19,20). The summed E-state index contributed by atoms with van der Waals surface area (Å²) in [5.41, 5.74) is 7.37. The number of anilines is 1. The molecule has 0 spiro atoms. The van der Waals surface area contributed by atoms with Gasteiger partial charge in [0.25, 0.3) is 0 Å². The molecule has 21 heavy (non-hydrogen) atoms. The number of methoxy groups -OCH3 is 1. The molecular weight excluding hydrogens is 262 g/mol. The van der Waals surface area contributed by atoms with E-state index in [0.29, 0.717) is 17.3 Å². The summed E-state index contributed by atoms with van der Waals surface area (Å²) in [6.07, 6.45) is 5.08. The van der Waals surface area contributed by atoms with Gasteiger partial charge in [-0.05, 0) is 49.1 Å². The van der Waals surface area contributed by atoms with Gasteiger partial charge in [-0.2, -0.15) is 0 Å². The van der Waals surface area contributed by atoms with Crippen molar-refractivity contribution in [2.24, 2.45) is 22.1 Å². The highest BCUT2D eigenvalue weighted by atomic mass is 16.5. The maximum Gasteiger partial charge on any atom is 0.193 e. The van der Waals surface area contributed by atoms with E-state index in [4.69, 9.17) is 10.5 Å². The molecule has 0 unspecified atom stereocenters. The third-order valence-electron chi connectivity index (χ3n) is 4.32. The molecule has 0 amide bonds. The molecule has 1 saturated carbocycles. The number of guanidine groups is 1. The Labute approximate surface area is 127 Å². The minimum atomic E-state index is 0.480. The molecule has 0 bridgehead atoms. The lowest BCUT2D eigenvalue weighted by Gasteiger charge is -2.33. The van der Waals surface area contributed by atoms with E-state index in [0.717, 1.165) is 18.0 Å². The summed E-state index contributed by atoms with van der Waals surface area (Å²) in [6, 6.07) is 7.69. The van der Waals surface area contributed by atoms with Gasteiger partial charge in [0.2, 0.25) is 0 Å². The van der Waals surface area contributed by atoms with Crippen LogP contribution in [0.1, 0.15) is 39.5 Å². The summed E-state index contributed by atoms with van der Waals surface area (Å²) in [5.74, 6) is 1.96. The second-order valence-electron chi connectivity index (χ2n) is 6.69. The Morgan fingerprint density at radius 2 is 2.10 bits per heavy atom. The van der Waals surface area contributed by atoms with Gasteiger partial charge in [-0.25, -0.2) is 0 Å². The van der Waals surface area contributed by atoms with Gasteiger partial charge >= 0.3 is 0 Å². The second kappa shape index (κ2) is 6.83. The van der Waals surface area contributed by atoms with Crippen molar-refractivity contribution in [2.75, 3.05) is 19.0 Å². The number of benzene rings is 1. The van der Waals surface area contributed by atoms with Crippen molar-refractivity contribution < 1.29 is 4.74 Å². The first-order valence-corrected chi connectivity index (χ1v) is 7.69. The van der Waals surface area contributed by atoms with Gasteiger partial charge in [-0.15, -0.1) is 0 Å². The fraction of sp³-hybridized carbons (Fsp3) is 0.588. The zero-order valence-corrected chi connectivity index (χ0v) is 13.4. The number of nitrogens with zero attached hydrogens (tertiary/aromatic N) is 1. The predicted octanol–water partition coefficient (Wildman–Crippen LogP) is 3.64. The summed E-state index contributed by atoms with van der Waals surface area (Å²) in [4.78, 5) is 4.49. The number of hydrogen-bond acceptors (Lipinski definition) is 2. The van der Waals surface area contributed by atoms with Crippen LogP contribution in [0.4, 0.5) is 5.69 Å². The number of nitrogens with one attached hydrogen (secondary N) is 1. The average molecular weight is 289 g/mol. The summed E-state index contributed by atoms with van der Waals surface area (Å²) in [7, 11) is 1.65. The lowest BCUT2D eigenvalue weighted by Crippen LogP contribution is -2.26. The lowest BCUT2D eigenvalue weighted by molar-refractivity contribution is 0.195. The molecular formula is C17H27N3O. The molecule has 1 aromatic rings. The molecule has 0 aliphatic heterocycles. The van der Waals surface area contributed by atoms with Crippen molar-refractivity contribution in [3.63, 3.8) is 0 Å². The Morgan fingerprint density at radius 1 is 1.38 bits per heavy atom. The van der Waals surface area contributed by atoms with Crippen molar-refractivity contribution in [1.82, 2.24) is 0 Å². The Bertz CT molecular complexity index is 487. The first-order chi connectivity index (χ1) is 9.98. The SMILES string of the molecule is COc1cccc(NC(N)=NCC2CCC(C)(C)CC2)c1. The number of rotatable bonds is 4. The van der Waals surface area contributed by atoms with E-state index in [9.17, 15) is 0 Å². The van der Waals surface area contributed by atoms with Gasteiger partial charge in [0, 0.05) is 18.3 Å². The topological polar surface area (TPSA) is 59.6 Å². The number of hydrogen-bond donors (Lipinski definition) is 2. The van der Waals surface area contributed by atoms with Crippen LogP contribution in [0.15, 0.2) is 29.3 Å². The highest BCUT2D eigenvalue weighted by Crippen LogP contribution is 2.37. The van der Waals surface area contributed by atoms with E-state index in [2.05, 4.69) is 24.2 Å². The van der Waals surface area contributed by atoms with Gasteiger partial charge < -0.3 is 15.8 Å². The van der Waals surface area contributed by atoms with Crippen LogP contribution in [0, 0.1) is 11.3 Å². The smallest absolute Gasteiger partial charge is 0.193 e. The summed E-state index contributed by atoms with van der Waals surface area (Å²) in [6.45, 7) is 5.52. The van der Waals surface area contributed by atoms with Crippen molar-refractivity contribution in [3.8, 4) is 5.75 Å². The highest BCUT2D eigenvalue weighted by molar-refractivity contribution is 5.92. The Balaban J connectivity index is 1.84. The molecule has 0 heterocycles. The highest BCUT2D eigenvalue weighted by Gasteiger charge is 2.26. The molecule has 4 nitrogen and oxygen atoms in total. The maximum absolute atomic E-state index is 5.97. The van der Waals surface area contributed by atoms with Crippen LogP contribution in [-0.4, -0.2) is 19.6 Å². The molecule has 1 aliphatic rings. The van der Waals surface area contributed by atoms with E-state index in [1.54, 1.807) is 7.11 Å². The monoisotopic (exact) mass is 289 g/mol. The van der Waals surface area contributed by atoms with Crippen molar-refractivity contribution in [3.05, 3.63) is 24.3 Å².